The van der Waals surface area contributed by atoms with Crippen molar-refractivity contribution in [3.8, 4) is 0 Å². The van der Waals surface area contributed by atoms with Gasteiger partial charge >= 0.3 is 0 Å². The van der Waals surface area contributed by atoms with Crippen LogP contribution < -0.4 is 5.32 Å². The number of rotatable bonds is 3. The molecule has 0 bridgehead atoms. The molecule has 1 N–H and O–H groups in total. The molecular formula is C14H27NO. The maximum atomic E-state index is 5.54. The van der Waals surface area contributed by atoms with E-state index in [-0.39, 0.29) is 0 Å². The van der Waals surface area contributed by atoms with E-state index in [9.17, 15) is 0 Å². The second-order valence-electron chi connectivity index (χ2n) is 5.97. The fraction of sp³-hybridized carbons (Fsp3) is 1.00. The van der Waals surface area contributed by atoms with E-state index in [4.69, 9.17) is 4.74 Å². The molecule has 16 heavy (non-hydrogen) atoms. The molecule has 2 rings (SSSR count). The van der Waals surface area contributed by atoms with Gasteiger partial charge in [-0.25, -0.2) is 0 Å². The minimum atomic E-state index is 0.692. The molecule has 0 aromatic heterocycles. The van der Waals surface area contributed by atoms with Gasteiger partial charge in [0, 0.05) is 18.6 Å². The minimum Gasteiger partial charge on any atom is -0.381 e. The van der Waals surface area contributed by atoms with Gasteiger partial charge in [-0.15, -0.1) is 0 Å². The zero-order valence-corrected chi connectivity index (χ0v) is 11.0. The summed E-state index contributed by atoms with van der Waals surface area (Å²) in [4.78, 5) is 0. The minimum absolute atomic E-state index is 0.692. The highest BCUT2D eigenvalue weighted by Gasteiger charge is 2.34. The number of ether oxygens (including phenoxy) is 1. The smallest absolute Gasteiger partial charge is 0.0510 e. The van der Waals surface area contributed by atoms with Crippen LogP contribution in [0.2, 0.25) is 0 Å². The Morgan fingerprint density at radius 3 is 2.44 bits per heavy atom. The summed E-state index contributed by atoms with van der Waals surface area (Å²) in [6, 6.07) is 0.692. The Balaban J connectivity index is 1.93. The lowest BCUT2D eigenvalue weighted by Crippen LogP contribution is -2.43. The third-order valence-electron chi connectivity index (χ3n) is 4.95. The van der Waals surface area contributed by atoms with Crippen LogP contribution in [0, 0.1) is 23.7 Å². The monoisotopic (exact) mass is 225 g/mol. The molecular weight excluding hydrogens is 198 g/mol. The predicted octanol–water partition coefficient (Wildman–Crippen LogP) is 2.68. The Kier molecular flexibility index (Phi) is 4.26. The van der Waals surface area contributed by atoms with Gasteiger partial charge in [-0.1, -0.05) is 20.3 Å². The molecule has 0 spiro atoms. The van der Waals surface area contributed by atoms with Crippen LogP contribution in [0.5, 0.6) is 0 Å². The third kappa shape index (κ3) is 2.60. The quantitative estimate of drug-likeness (QED) is 0.797. The Hall–Kier alpha value is -0.0800. The van der Waals surface area contributed by atoms with Crippen LogP contribution in [0.4, 0.5) is 0 Å². The van der Waals surface area contributed by atoms with Crippen molar-refractivity contribution in [2.75, 3.05) is 20.3 Å². The molecule has 1 aliphatic carbocycles. The average Bonchev–Trinajstić information content (AvgIpc) is 2.78. The van der Waals surface area contributed by atoms with Crippen molar-refractivity contribution < 1.29 is 4.74 Å². The lowest BCUT2D eigenvalue weighted by molar-refractivity contribution is 0.127. The summed E-state index contributed by atoms with van der Waals surface area (Å²) in [6.07, 6.45) is 5.49. The summed E-state index contributed by atoms with van der Waals surface area (Å²) in [5, 5.41) is 3.57. The van der Waals surface area contributed by atoms with E-state index in [0.29, 0.717) is 6.04 Å². The molecule has 0 aromatic carbocycles. The van der Waals surface area contributed by atoms with Crippen LogP contribution in [-0.4, -0.2) is 26.3 Å². The molecule has 1 aliphatic heterocycles. The first kappa shape index (κ1) is 12.4. The van der Waals surface area contributed by atoms with Crippen molar-refractivity contribution in [3.63, 3.8) is 0 Å². The fourth-order valence-corrected chi connectivity index (χ4v) is 3.61. The SMILES string of the molecule is CNC(C1CCOC1)C1CCC(C)C(C)C1. The van der Waals surface area contributed by atoms with Gasteiger partial charge in [-0.05, 0) is 44.1 Å². The first-order chi connectivity index (χ1) is 7.72. The van der Waals surface area contributed by atoms with E-state index in [2.05, 4.69) is 26.2 Å². The zero-order chi connectivity index (χ0) is 11.5. The van der Waals surface area contributed by atoms with Gasteiger partial charge in [-0.3, -0.25) is 0 Å². The van der Waals surface area contributed by atoms with Crippen LogP contribution >= 0.6 is 0 Å². The van der Waals surface area contributed by atoms with Crippen LogP contribution in [0.1, 0.15) is 39.5 Å². The standard InChI is InChI=1S/C14H27NO/c1-10-4-5-12(8-11(10)2)14(15-3)13-6-7-16-9-13/h10-15H,4-9H2,1-3H3. The molecule has 5 atom stereocenters. The molecule has 2 nitrogen and oxygen atoms in total. The third-order valence-corrected chi connectivity index (χ3v) is 4.95. The largest absolute Gasteiger partial charge is 0.381 e. The molecule has 1 saturated carbocycles. The van der Waals surface area contributed by atoms with E-state index in [1.807, 2.05) is 0 Å². The highest BCUT2D eigenvalue weighted by Crippen LogP contribution is 2.37. The van der Waals surface area contributed by atoms with Gasteiger partial charge in [0.15, 0.2) is 0 Å². The predicted molar refractivity (Wildman–Crippen MR) is 67.4 cm³/mol. The molecule has 2 heteroatoms. The summed E-state index contributed by atoms with van der Waals surface area (Å²) in [6.45, 7) is 6.79. The van der Waals surface area contributed by atoms with Gasteiger partial charge < -0.3 is 10.1 Å². The van der Waals surface area contributed by atoms with Gasteiger partial charge in [0.2, 0.25) is 0 Å². The molecule has 1 heterocycles. The molecule has 2 aliphatic rings. The highest BCUT2D eigenvalue weighted by atomic mass is 16.5. The molecule has 5 unspecified atom stereocenters. The zero-order valence-electron chi connectivity index (χ0n) is 11.0. The molecule has 2 fully saturated rings. The van der Waals surface area contributed by atoms with Crippen LogP contribution in [0.3, 0.4) is 0 Å². The maximum Gasteiger partial charge on any atom is 0.0510 e. The van der Waals surface area contributed by atoms with E-state index < -0.39 is 0 Å². The van der Waals surface area contributed by atoms with Gasteiger partial charge in [0.25, 0.3) is 0 Å². The Bertz CT molecular complexity index is 213. The van der Waals surface area contributed by atoms with Crippen molar-refractivity contribution in [2.24, 2.45) is 23.7 Å². The summed E-state index contributed by atoms with van der Waals surface area (Å²) in [5.41, 5.74) is 0. The topological polar surface area (TPSA) is 21.3 Å². The van der Waals surface area contributed by atoms with Crippen LogP contribution in [0.25, 0.3) is 0 Å². The van der Waals surface area contributed by atoms with E-state index in [0.717, 1.165) is 36.9 Å². The summed E-state index contributed by atoms with van der Waals surface area (Å²) < 4.78 is 5.54. The molecule has 94 valence electrons. The second-order valence-corrected chi connectivity index (χ2v) is 5.97. The lowest BCUT2D eigenvalue weighted by Gasteiger charge is -2.38. The van der Waals surface area contributed by atoms with Gasteiger partial charge in [-0.2, -0.15) is 0 Å². The normalized spacial score (nSPS) is 42.2. The highest BCUT2D eigenvalue weighted by molar-refractivity contribution is 4.88. The molecule has 0 aromatic rings. The van der Waals surface area contributed by atoms with Gasteiger partial charge in [0.1, 0.15) is 0 Å². The van der Waals surface area contributed by atoms with Crippen molar-refractivity contribution in [1.29, 1.82) is 0 Å². The Morgan fingerprint density at radius 1 is 1.06 bits per heavy atom. The number of hydrogen-bond acceptors (Lipinski definition) is 2. The first-order valence-corrected chi connectivity index (χ1v) is 6.97. The van der Waals surface area contributed by atoms with E-state index >= 15 is 0 Å². The van der Waals surface area contributed by atoms with E-state index in [1.165, 1.54) is 25.7 Å². The van der Waals surface area contributed by atoms with Crippen molar-refractivity contribution in [2.45, 2.75) is 45.6 Å². The summed E-state index contributed by atoms with van der Waals surface area (Å²) in [7, 11) is 2.13. The number of nitrogens with one attached hydrogen (secondary N) is 1. The van der Waals surface area contributed by atoms with Crippen molar-refractivity contribution in [3.05, 3.63) is 0 Å². The molecule has 0 amide bonds. The number of hydrogen-bond donors (Lipinski definition) is 1. The van der Waals surface area contributed by atoms with Crippen molar-refractivity contribution in [1.82, 2.24) is 5.32 Å². The second kappa shape index (κ2) is 5.50. The summed E-state index contributed by atoms with van der Waals surface area (Å²) in [5.74, 6) is 3.46. The van der Waals surface area contributed by atoms with Crippen molar-refractivity contribution >= 4 is 0 Å². The molecule has 1 saturated heterocycles. The van der Waals surface area contributed by atoms with Gasteiger partial charge in [0.05, 0.1) is 6.61 Å². The van der Waals surface area contributed by atoms with Crippen LogP contribution in [-0.2, 0) is 4.74 Å². The average molecular weight is 225 g/mol. The molecule has 0 radical (unpaired) electrons. The lowest BCUT2D eigenvalue weighted by atomic mass is 9.71. The Morgan fingerprint density at radius 2 is 1.88 bits per heavy atom. The van der Waals surface area contributed by atoms with E-state index in [1.54, 1.807) is 0 Å². The fourth-order valence-electron chi connectivity index (χ4n) is 3.61. The van der Waals surface area contributed by atoms with Crippen LogP contribution in [0.15, 0.2) is 0 Å². The summed E-state index contributed by atoms with van der Waals surface area (Å²) >= 11 is 0. The maximum absolute atomic E-state index is 5.54. The Labute approximate surface area is 100 Å². The first-order valence-electron chi connectivity index (χ1n) is 6.97.